The van der Waals surface area contributed by atoms with Gasteiger partial charge in [-0.2, -0.15) is 5.10 Å². The third-order valence-corrected chi connectivity index (χ3v) is 3.75. The predicted molar refractivity (Wildman–Crippen MR) is 90.5 cm³/mol. The number of rotatable bonds is 3. The molecule has 23 heavy (non-hydrogen) atoms. The van der Waals surface area contributed by atoms with Gasteiger partial charge in [0.2, 0.25) is 0 Å². The van der Waals surface area contributed by atoms with Crippen molar-refractivity contribution in [1.82, 2.24) is 15.3 Å². The Hall–Kier alpha value is -3.15. The predicted octanol–water partition coefficient (Wildman–Crippen LogP) is 2.62. The normalized spacial score (nSPS) is 13.3. The zero-order valence-electron chi connectivity index (χ0n) is 12.6. The molecule has 6 heteroatoms. The Labute approximate surface area is 133 Å². The van der Waals surface area contributed by atoms with E-state index in [9.17, 15) is 0 Å². The number of fused-ring (bicyclic) bond motifs is 1. The van der Waals surface area contributed by atoms with Gasteiger partial charge in [-0.1, -0.05) is 30.3 Å². The molecule has 0 atom stereocenters. The van der Waals surface area contributed by atoms with Crippen LogP contribution < -0.4 is 15.1 Å². The zero-order chi connectivity index (χ0) is 15.6. The maximum atomic E-state index is 5.46. The van der Waals surface area contributed by atoms with Crippen LogP contribution >= 0.6 is 0 Å². The summed E-state index contributed by atoms with van der Waals surface area (Å²) < 4.78 is 5.46. The quantitative estimate of drug-likeness (QED) is 0.806. The number of hydrazone groups is 1. The minimum Gasteiger partial charge on any atom is -0.494 e. The van der Waals surface area contributed by atoms with Crippen molar-refractivity contribution in [2.75, 3.05) is 18.8 Å². The van der Waals surface area contributed by atoms with Crippen LogP contribution in [0.15, 0.2) is 53.8 Å². The van der Waals surface area contributed by atoms with Crippen LogP contribution in [0.1, 0.15) is 0 Å². The number of aromatic nitrogens is 2. The fourth-order valence-electron chi connectivity index (χ4n) is 2.62. The van der Waals surface area contributed by atoms with E-state index in [-0.39, 0.29) is 0 Å². The second-order valence-corrected chi connectivity index (χ2v) is 5.11. The summed E-state index contributed by atoms with van der Waals surface area (Å²) in [4.78, 5) is 9.32. The van der Waals surface area contributed by atoms with E-state index in [0.29, 0.717) is 18.2 Å². The number of methoxy groups -OCH3 is 1. The van der Waals surface area contributed by atoms with Crippen LogP contribution in [0.2, 0.25) is 0 Å². The maximum absolute atomic E-state index is 5.46. The van der Waals surface area contributed by atoms with Crippen LogP contribution in [0.5, 0.6) is 5.75 Å². The Bertz CT molecular complexity index is 879. The van der Waals surface area contributed by atoms with E-state index in [2.05, 4.69) is 27.5 Å². The molecule has 114 valence electrons. The van der Waals surface area contributed by atoms with Gasteiger partial charge in [0.1, 0.15) is 29.8 Å². The molecule has 0 fully saturated rings. The van der Waals surface area contributed by atoms with Gasteiger partial charge < -0.3 is 10.1 Å². The van der Waals surface area contributed by atoms with Crippen LogP contribution in [-0.4, -0.2) is 30.1 Å². The third-order valence-electron chi connectivity index (χ3n) is 3.75. The van der Waals surface area contributed by atoms with Gasteiger partial charge in [-0.3, -0.25) is 0 Å². The lowest BCUT2D eigenvalue weighted by atomic mass is 10.0. The second kappa shape index (κ2) is 5.57. The molecule has 1 aliphatic heterocycles. The van der Waals surface area contributed by atoms with E-state index < -0.39 is 0 Å². The highest BCUT2D eigenvalue weighted by Gasteiger charge is 2.15. The molecule has 1 N–H and O–H groups in total. The van der Waals surface area contributed by atoms with Crippen LogP contribution in [0, 0.1) is 0 Å². The molecule has 3 aromatic rings. The molecule has 0 amide bonds. The van der Waals surface area contributed by atoms with E-state index >= 15 is 0 Å². The van der Waals surface area contributed by atoms with Crippen LogP contribution in [-0.2, 0) is 0 Å². The number of anilines is 1. The number of hydrogen-bond donors (Lipinski definition) is 1. The van der Waals surface area contributed by atoms with Gasteiger partial charge in [0, 0.05) is 5.56 Å². The average Bonchev–Trinajstić information content (AvgIpc) is 3.15. The molecule has 0 spiro atoms. The molecule has 0 saturated heterocycles. The second-order valence-electron chi connectivity index (χ2n) is 5.11. The van der Waals surface area contributed by atoms with E-state index in [1.54, 1.807) is 24.7 Å². The Morgan fingerprint density at radius 3 is 2.70 bits per heavy atom. The Balaban J connectivity index is 1.92. The summed E-state index contributed by atoms with van der Waals surface area (Å²) in [5.74, 6) is 1.38. The summed E-state index contributed by atoms with van der Waals surface area (Å²) in [6, 6.07) is 14.1. The van der Waals surface area contributed by atoms with Crippen molar-refractivity contribution in [3.05, 3.63) is 48.7 Å². The summed E-state index contributed by atoms with van der Waals surface area (Å²) in [6.45, 7) is 0.584. The first-order valence-corrected chi connectivity index (χ1v) is 7.29. The lowest BCUT2D eigenvalue weighted by Gasteiger charge is -2.14. The molecule has 0 radical (unpaired) electrons. The zero-order valence-corrected chi connectivity index (χ0v) is 12.6. The smallest absolute Gasteiger partial charge is 0.170 e. The highest BCUT2D eigenvalue weighted by Crippen LogP contribution is 2.33. The molecule has 1 aromatic heterocycles. The molecule has 0 bridgehead atoms. The van der Waals surface area contributed by atoms with Gasteiger partial charge in [-0.25, -0.2) is 15.0 Å². The van der Waals surface area contributed by atoms with Crippen molar-refractivity contribution in [3.8, 4) is 16.9 Å². The minimum atomic E-state index is 0.584. The summed E-state index contributed by atoms with van der Waals surface area (Å²) >= 11 is 0. The third kappa shape index (κ3) is 2.34. The maximum Gasteiger partial charge on any atom is 0.170 e. The lowest BCUT2D eigenvalue weighted by Crippen LogP contribution is -2.21. The standard InChI is InChI=1S/C17H15N5O/c1-23-14-8-7-13(12-5-3-2-4-6-12)16-17(14)21-15(9-19-16)22-11-18-10-20-22/h2-10H,11H2,1H3,(H,18,20). The number of nitrogens with zero attached hydrogens (tertiary/aromatic N) is 4. The van der Waals surface area contributed by atoms with Crippen LogP contribution in [0.3, 0.4) is 0 Å². The van der Waals surface area contributed by atoms with Crippen molar-refractivity contribution >= 4 is 23.2 Å². The molecule has 4 rings (SSSR count). The van der Waals surface area contributed by atoms with Crippen molar-refractivity contribution < 1.29 is 4.74 Å². The first kappa shape index (κ1) is 13.5. The van der Waals surface area contributed by atoms with Gasteiger partial charge >= 0.3 is 0 Å². The van der Waals surface area contributed by atoms with Crippen molar-refractivity contribution in [1.29, 1.82) is 0 Å². The highest BCUT2D eigenvalue weighted by molar-refractivity contribution is 5.95. The molecule has 0 unspecified atom stereocenters. The molecule has 0 saturated carbocycles. The summed E-state index contributed by atoms with van der Waals surface area (Å²) in [7, 11) is 1.64. The molecule has 2 heterocycles. The first-order chi connectivity index (χ1) is 11.4. The number of nitrogens with one attached hydrogen (secondary N) is 1. The fraction of sp³-hybridized carbons (Fsp3) is 0.118. The van der Waals surface area contributed by atoms with Crippen molar-refractivity contribution in [2.24, 2.45) is 5.10 Å². The minimum absolute atomic E-state index is 0.584. The number of hydrogen-bond acceptors (Lipinski definition) is 6. The van der Waals surface area contributed by atoms with Crippen LogP contribution in [0.4, 0.5) is 5.82 Å². The van der Waals surface area contributed by atoms with Gasteiger partial charge in [-0.05, 0) is 17.7 Å². The molecule has 2 aromatic carbocycles. The monoisotopic (exact) mass is 305 g/mol. The number of benzene rings is 2. The topological polar surface area (TPSA) is 62.6 Å². The SMILES string of the molecule is COc1ccc(-c2ccccc2)c2ncc(N3CNC=N3)nc12. The Morgan fingerprint density at radius 2 is 1.96 bits per heavy atom. The summed E-state index contributed by atoms with van der Waals surface area (Å²) in [5.41, 5.74) is 3.68. The summed E-state index contributed by atoms with van der Waals surface area (Å²) in [5, 5.41) is 8.97. The molecular weight excluding hydrogens is 290 g/mol. The number of ether oxygens (including phenoxy) is 1. The first-order valence-electron chi connectivity index (χ1n) is 7.29. The largest absolute Gasteiger partial charge is 0.494 e. The van der Waals surface area contributed by atoms with E-state index in [0.717, 1.165) is 22.2 Å². The van der Waals surface area contributed by atoms with E-state index in [4.69, 9.17) is 9.72 Å². The fourth-order valence-corrected chi connectivity index (χ4v) is 2.62. The van der Waals surface area contributed by atoms with Gasteiger partial charge in [0.25, 0.3) is 0 Å². The van der Waals surface area contributed by atoms with Gasteiger partial charge in [0.15, 0.2) is 5.82 Å². The summed E-state index contributed by atoms with van der Waals surface area (Å²) in [6.07, 6.45) is 3.38. The Morgan fingerprint density at radius 1 is 1.09 bits per heavy atom. The average molecular weight is 305 g/mol. The Kier molecular flexibility index (Phi) is 3.27. The highest BCUT2D eigenvalue weighted by atomic mass is 16.5. The molecular formula is C17H15N5O. The van der Waals surface area contributed by atoms with Crippen molar-refractivity contribution in [2.45, 2.75) is 0 Å². The van der Waals surface area contributed by atoms with E-state index in [1.807, 2.05) is 30.3 Å². The van der Waals surface area contributed by atoms with Gasteiger partial charge in [-0.15, -0.1) is 0 Å². The van der Waals surface area contributed by atoms with E-state index in [1.165, 1.54) is 0 Å². The lowest BCUT2D eigenvalue weighted by molar-refractivity contribution is 0.419. The molecule has 1 aliphatic rings. The molecule has 6 nitrogen and oxygen atoms in total. The van der Waals surface area contributed by atoms with Gasteiger partial charge in [0.05, 0.1) is 13.3 Å². The molecule has 0 aliphatic carbocycles. The van der Waals surface area contributed by atoms with Crippen LogP contribution in [0.25, 0.3) is 22.2 Å². The van der Waals surface area contributed by atoms with Crippen molar-refractivity contribution in [3.63, 3.8) is 0 Å².